The number of anilines is 1. The van der Waals surface area contributed by atoms with Gasteiger partial charge in [-0.15, -0.1) is 0 Å². The van der Waals surface area contributed by atoms with Crippen molar-refractivity contribution >= 4 is 18.0 Å². The SMILES string of the molecule is Cc1cn(C(C)(C)C)c(=S)nc1N. The molecule has 0 aromatic carbocycles. The van der Waals surface area contributed by atoms with E-state index in [1.165, 1.54) is 0 Å². The van der Waals surface area contributed by atoms with Gasteiger partial charge in [-0.3, -0.25) is 0 Å². The Kier molecular flexibility index (Phi) is 2.43. The Morgan fingerprint density at radius 2 is 2.00 bits per heavy atom. The summed E-state index contributed by atoms with van der Waals surface area (Å²) in [6.07, 6.45) is 1.95. The molecule has 1 aromatic heterocycles. The molecule has 0 aliphatic heterocycles. The van der Waals surface area contributed by atoms with Crippen LogP contribution in [0.25, 0.3) is 0 Å². The van der Waals surface area contributed by atoms with Gasteiger partial charge in [-0.1, -0.05) is 0 Å². The van der Waals surface area contributed by atoms with Crippen molar-refractivity contribution in [2.75, 3.05) is 5.73 Å². The van der Waals surface area contributed by atoms with Crippen molar-refractivity contribution in [2.45, 2.75) is 33.2 Å². The summed E-state index contributed by atoms with van der Waals surface area (Å²) in [4.78, 5) is 4.10. The summed E-state index contributed by atoms with van der Waals surface area (Å²) in [6, 6.07) is 0. The molecule has 1 rings (SSSR count). The molecule has 0 radical (unpaired) electrons. The third-order valence-corrected chi connectivity index (χ3v) is 2.16. The second kappa shape index (κ2) is 3.10. The molecule has 3 nitrogen and oxygen atoms in total. The standard InChI is InChI=1S/C9H15N3S/c1-6-5-12(9(2,3)4)8(13)11-7(6)10/h5H,1-4H3,(H2,10,11,13). The fourth-order valence-electron chi connectivity index (χ4n) is 1.04. The molecule has 2 N–H and O–H groups in total. The summed E-state index contributed by atoms with van der Waals surface area (Å²) in [5.41, 5.74) is 6.56. The molecule has 0 bridgehead atoms. The Morgan fingerprint density at radius 3 is 2.46 bits per heavy atom. The van der Waals surface area contributed by atoms with E-state index in [2.05, 4.69) is 25.8 Å². The van der Waals surface area contributed by atoms with Crippen LogP contribution in [0, 0.1) is 11.7 Å². The van der Waals surface area contributed by atoms with Crippen molar-refractivity contribution in [3.8, 4) is 0 Å². The molecule has 1 aromatic rings. The van der Waals surface area contributed by atoms with Gasteiger partial charge in [-0.05, 0) is 39.9 Å². The Bertz CT molecular complexity index is 373. The molecule has 0 aliphatic rings. The van der Waals surface area contributed by atoms with E-state index in [1.54, 1.807) is 0 Å². The van der Waals surface area contributed by atoms with Gasteiger partial charge in [0.25, 0.3) is 0 Å². The maximum Gasteiger partial charge on any atom is 0.201 e. The van der Waals surface area contributed by atoms with Crippen LogP contribution in [0.3, 0.4) is 0 Å². The van der Waals surface area contributed by atoms with Gasteiger partial charge in [-0.2, -0.15) is 0 Å². The van der Waals surface area contributed by atoms with E-state index in [0.717, 1.165) is 5.56 Å². The average molecular weight is 197 g/mol. The lowest BCUT2D eigenvalue weighted by molar-refractivity contribution is 0.384. The monoisotopic (exact) mass is 197 g/mol. The summed E-state index contributed by atoms with van der Waals surface area (Å²) < 4.78 is 2.49. The number of nitrogens with two attached hydrogens (primary N) is 1. The number of nitrogens with zero attached hydrogens (tertiary/aromatic N) is 2. The zero-order valence-corrected chi connectivity index (χ0v) is 9.27. The summed E-state index contributed by atoms with van der Waals surface area (Å²) in [7, 11) is 0. The first-order chi connectivity index (χ1) is 5.82. The smallest absolute Gasteiger partial charge is 0.201 e. The molecular weight excluding hydrogens is 182 g/mol. The molecule has 0 unspecified atom stereocenters. The van der Waals surface area contributed by atoms with Crippen molar-refractivity contribution in [1.29, 1.82) is 0 Å². The predicted molar refractivity (Wildman–Crippen MR) is 57.2 cm³/mol. The van der Waals surface area contributed by atoms with Crippen LogP contribution in [-0.2, 0) is 5.54 Å². The van der Waals surface area contributed by atoms with Crippen LogP contribution >= 0.6 is 12.2 Å². The van der Waals surface area contributed by atoms with Crippen molar-refractivity contribution in [2.24, 2.45) is 0 Å². The summed E-state index contributed by atoms with van der Waals surface area (Å²) >= 11 is 5.12. The van der Waals surface area contributed by atoms with E-state index in [0.29, 0.717) is 10.6 Å². The van der Waals surface area contributed by atoms with Crippen LogP contribution in [0.1, 0.15) is 26.3 Å². The van der Waals surface area contributed by atoms with Gasteiger partial charge in [0, 0.05) is 17.3 Å². The molecule has 0 saturated heterocycles. The fourth-order valence-corrected chi connectivity index (χ4v) is 1.47. The highest BCUT2D eigenvalue weighted by Crippen LogP contribution is 2.16. The number of aromatic nitrogens is 2. The minimum absolute atomic E-state index is 0.0391. The van der Waals surface area contributed by atoms with Crippen LogP contribution < -0.4 is 5.73 Å². The topological polar surface area (TPSA) is 43.8 Å². The summed E-state index contributed by atoms with van der Waals surface area (Å²) in [6.45, 7) is 8.18. The first-order valence-corrected chi connectivity index (χ1v) is 4.59. The molecule has 0 atom stereocenters. The summed E-state index contributed by atoms with van der Waals surface area (Å²) in [5.74, 6) is 0.519. The van der Waals surface area contributed by atoms with Gasteiger partial charge in [0.05, 0.1) is 0 Å². The van der Waals surface area contributed by atoms with Crippen LogP contribution in [0.15, 0.2) is 6.20 Å². The molecule has 0 amide bonds. The fraction of sp³-hybridized carbons (Fsp3) is 0.556. The Morgan fingerprint density at radius 1 is 1.46 bits per heavy atom. The maximum absolute atomic E-state index is 5.64. The van der Waals surface area contributed by atoms with E-state index in [-0.39, 0.29) is 5.54 Å². The van der Waals surface area contributed by atoms with E-state index in [1.807, 2.05) is 17.7 Å². The molecule has 0 aliphatic carbocycles. The van der Waals surface area contributed by atoms with Crippen molar-refractivity contribution < 1.29 is 0 Å². The van der Waals surface area contributed by atoms with Crippen molar-refractivity contribution in [3.63, 3.8) is 0 Å². The van der Waals surface area contributed by atoms with Crippen LogP contribution in [-0.4, -0.2) is 9.55 Å². The van der Waals surface area contributed by atoms with Gasteiger partial charge in [-0.25, -0.2) is 4.98 Å². The lowest BCUT2D eigenvalue weighted by atomic mass is 10.1. The van der Waals surface area contributed by atoms with E-state index in [9.17, 15) is 0 Å². The van der Waals surface area contributed by atoms with Gasteiger partial charge < -0.3 is 10.3 Å². The minimum atomic E-state index is -0.0391. The third kappa shape index (κ3) is 2.06. The van der Waals surface area contributed by atoms with Crippen LogP contribution in [0.5, 0.6) is 0 Å². The Labute approximate surface area is 83.6 Å². The van der Waals surface area contributed by atoms with Crippen molar-refractivity contribution in [1.82, 2.24) is 9.55 Å². The van der Waals surface area contributed by atoms with Gasteiger partial charge >= 0.3 is 0 Å². The molecule has 0 fully saturated rings. The highest BCUT2D eigenvalue weighted by molar-refractivity contribution is 7.71. The lowest BCUT2D eigenvalue weighted by Gasteiger charge is -2.23. The molecule has 0 saturated carbocycles. The predicted octanol–water partition coefficient (Wildman–Crippen LogP) is 2.26. The van der Waals surface area contributed by atoms with E-state index in [4.69, 9.17) is 18.0 Å². The maximum atomic E-state index is 5.64. The van der Waals surface area contributed by atoms with Gasteiger partial charge in [0.15, 0.2) is 0 Å². The van der Waals surface area contributed by atoms with Crippen molar-refractivity contribution in [3.05, 3.63) is 16.5 Å². The van der Waals surface area contributed by atoms with Gasteiger partial charge in [0.1, 0.15) is 5.82 Å². The molecule has 72 valence electrons. The van der Waals surface area contributed by atoms with Crippen LogP contribution in [0.4, 0.5) is 5.82 Å². The minimum Gasteiger partial charge on any atom is -0.383 e. The largest absolute Gasteiger partial charge is 0.383 e. The summed E-state index contributed by atoms with van der Waals surface area (Å²) in [5, 5.41) is 0. The average Bonchev–Trinajstić information content (AvgIpc) is 1.94. The number of rotatable bonds is 0. The molecular formula is C9H15N3S. The first-order valence-electron chi connectivity index (χ1n) is 4.18. The van der Waals surface area contributed by atoms with E-state index < -0.39 is 0 Å². The second-order valence-electron chi connectivity index (χ2n) is 4.13. The highest BCUT2D eigenvalue weighted by Gasteiger charge is 2.13. The number of nitrogen functional groups attached to an aromatic ring is 1. The van der Waals surface area contributed by atoms with E-state index >= 15 is 0 Å². The zero-order valence-electron chi connectivity index (χ0n) is 8.46. The quantitative estimate of drug-likeness (QED) is 0.649. The van der Waals surface area contributed by atoms with Crippen LogP contribution in [0.2, 0.25) is 0 Å². The lowest BCUT2D eigenvalue weighted by Crippen LogP contribution is -2.24. The molecule has 1 heterocycles. The highest BCUT2D eigenvalue weighted by atomic mass is 32.1. The second-order valence-corrected chi connectivity index (χ2v) is 4.50. The molecule has 4 heteroatoms. The Balaban J connectivity index is 3.41. The number of hydrogen-bond acceptors (Lipinski definition) is 3. The normalized spacial score (nSPS) is 11.7. The number of hydrogen-bond donors (Lipinski definition) is 1. The first kappa shape index (κ1) is 10.2. The molecule has 0 spiro atoms. The number of aryl methyl sites for hydroxylation is 1. The Hall–Kier alpha value is -0.900. The third-order valence-electron chi connectivity index (χ3n) is 1.87. The molecule has 13 heavy (non-hydrogen) atoms. The zero-order chi connectivity index (χ0) is 10.2. The van der Waals surface area contributed by atoms with Gasteiger partial charge in [0.2, 0.25) is 4.77 Å².